The van der Waals surface area contributed by atoms with Crippen molar-refractivity contribution >= 4 is 38.9 Å². The molecular weight excluding hydrogens is 511 g/mol. The highest BCUT2D eigenvalue weighted by Crippen LogP contribution is 2.44. The molecule has 0 amide bonds. The maximum atomic E-state index is 14.1. The van der Waals surface area contributed by atoms with Crippen LogP contribution in [0, 0.1) is 26.6 Å². The number of nitrogens with one attached hydrogen (secondary N) is 1. The van der Waals surface area contributed by atoms with Gasteiger partial charge in [-0.3, -0.25) is 4.98 Å². The van der Waals surface area contributed by atoms with E-state index in [1.807, 2.05) is 31.2 Å². The fraction of sp³-hybridized carbons (Fsp3) is 0.185. The standard InChI is InChI=1S/C27H24BrFN4S/c1-16-13-21(10-11-23(16)28)33-26(25(31-27(33)34)24-9-4-5-12-30-24)22-14-17(2)32(18(22)3)20-8-6-7-19(29)15-20/h4-15,25-26H,1-3H3,(H,31,34)/t25-,26-/m0/s1. The van der Waals surface area contributed by atoms with Crippen LogP contribution in [0.5, 0.6) is 0 Å². The first-order valence-corrected chi connectivity index (χ1v) is 12.3. The number of hydrogen-bond donors (Lipinski definition) is 1. The Bertz CT molecular complexity index is 1380. The van der Waals surface area contributed by atoms with Gasteiger partial charge in [0.25, 0.3) is 0 Å². The summed E-state index contributed by atoms with van der Waals surface area (Å²) in [6.07, 6.45) is 1.81. The van der Waals surface area contributed by atoms with E-state index >= 15 is 0 Å². The molecule has 5 rings (SSSR count). The number of pyridine rings is 1. The van der Waals surface area contributed by atoms with Crippen LogP contribution in [0.25, 0.3) is 5.69 Å². The van der Waals surface area contributed by atoms with Crippen LogP contribution in [0.1, 0.15) is 40.3 Å². The molecule has 1 N–H and O–H groups in total. The van der Waals surface area contributed by atoms with Gasteiger partial charge in [0.2, 0.25) is 0 Å². The molecule has 0 bridgehead atoms. The van der Waals surface area contributed by atoms with Crippen molar-refractivity contribution in [2.75, 3.05) is 4.90 Å². The van der Waals surface area contributed by atoms with Crippen molar-refractivity contribution < 1.29 is 4.39 Å². The number of anilines is 1. The first-order chi connectivity index (χ1) is 16.3. The molecule has 7 heteroatoms. The summed E-state index contributed by atoms with van der Waals surface area (Å²) in [6, 6.07) is 20.8. The minimum atomic E-state index is -0.256. The highest BCUT2D eigenvalue weighted by Gasteiger charge is 2.42. The Hall–Kier alpha value is -3.03. The van der Waals surface area contributed by atoms with Crippen LogP contribution in [0.4, 0.5) is 10.1 Å². The van der Waals surface area contributed by atoms with Crippen LogP contribution in [0.15, 0.2) is 77.4 Å². The Morgan fingerprint density at radius 1 is 0.971 bits per heavy atom. The van der Waals surface area contributed by atoms with Gasteiger partial charge in [0.05, 0.1) is 17.8 Å². The van der Waals surface area contributed by atoms with E-state index in [0.717, 1.165) is 44.1 Å². The monoisotopic (exact) mass is 534 g/mol. The summed E-state index contributed by atoms with van der Waals surface area (Å²) in [5, 5.41) is 4.17. The lowest BCUT2D eigenvalue weighted by molar-refractivity contribution is 0.565. The lowest BCUT2D eigenvalue weighted by atomic mass is 9.96. The molecule has 0 aliphatic carbocycles. The smallest absolute Gasteiger partial charge is 0.174 e. The van der Waals surface area contributed by atoms with Crippen molar-refractivity contribution in [3.05, 3.63) is 111 Å². The highest BCUT2D eigenvalue weighted by molar-refractivity contribution is 9.10. The van der Waals surface area contributed by atoms with E-state index in [2.05, 4.69) is 73.8 Å². The molecule has 172 valence electrons. The molecule has 4 aromatic rings. The second-order valence-electron chi connectivity index (χ2n) is 8.57. The molecule has 0 unspecified atom stereocenters. The number of hydrogen-bond acceptors (Lipinski definition) is 2. The number of aromatic nitrogens is 2. The minimum absolute atomic E-state index is 0.128. The van der Waals surface area contributed by atoms with Crippen molar-refractivity contribution in [2.24, 2.45) is 0 Å². The van der Waals surface area contributed by atoms with E-state index in [9.17, 15) is 4.39 Å². The average molecular weight is 535 g/mol. The zero-order chi connectivity index (χ0) is 24.0. The van der Waals surface area contributed by atoms with Gasteiger partial charge in [-0.25, -0.2) is 4.39 Å². The number of aryl methyl sites for hydroxylation is 2. The summed E-state index contributed by atoms with van der Waals surface area (Å²) >= 11 is 9.47. The number of nitrogens with zero attached hydrogens (tertiary/aromatic N) is 3. The van der Waals surface area contributed by atoms with Crippen LogP contribution in [-0.4, -0.2) is 14.7 Å². The van der Waals surface area contributed by atoms with Gasteiger partial charge in [-0.05, 0) is 98.7 Å². The summed E-state index contributed by atoms with van der Waals surface area (Å²) in [5.74, 6) is -0.256. The largest absolute Gasteiger partial charge is 0.351 e. The van der Waals surface area contributed by atoms with E-state index in [1.165, 1.54) is 6.07 Å². The lowest BCUT2D eigenvalue weighted by Gasteiger charge is -2.28. The normalized spacial score (nSPS) is 17.8. The molecule has 3 heterocycles. The molecule has 34 heavy (non-hydrogen) atoms. The maximum absolute atomic E-state index is 14.1. The maximum Gasteiger partial charge on any atom is 0.174 e. The first-order valence-electron chi connectivity index (χ1n) is 11.1. The molecule has 0 saturated carbocycles. The predicted molar refractivity (Wildman–Crippen MR) is 142 cm³/mol. The van der Waals surface area contributed by atoms with Crippen molar-refractivity contribution in [1.29, 1.82) is 0 Å². The average Bonchev–Trinajstić information content (AvgIpc) is 3.31. The number of halogens is 2. The SMILES string of the molecule is Cc1cc(N2C(=S)N[C@@H](c3ccccn3)[C@@H]2c2cc(C)n(-c3cccc(F)c3)c2C)ccc1Br. The lowest BCUT2D eigenvalue weighted by Crippen LogP contribution is -2.29. The van der Waals surface area contributed by atoms with Gasteiger partial charge >= 0.3 is 0 Å². The van der Waals surface area contributed by atoms with Gasteiger partial charge in [0, 0.05) is 33.4 Å². The molecule has 0 radical (unpaired) electrons. The fourth-order valence-electron chi connectivity index (χ4n) is 4.83. The number of thiocarbonyl (C=S) groups is 1. The summed E-state index contributed by atoms with van der Waals surface area (Å²) in [6.45, 7) is 6.20. The molecule has 2 atom stereocenters. The minimum Gasteiger partial charge on any atom is -0.351 e. The molecule has 4 nitrogen and oxygen atoms in total. The van der Waals surface area contributed by atoms with E-state index in [0.29, 0.717) is 5.11 Å². The van der Waals surface area contributed by atoms with Crippen molar-refractivity contribution in [1.82, 2.24) is 14.9 Å². The molecule has 2 aromatic carbocycles. The quantitative estimate of drug-likeness (QED) is 0.289. The predicted octanol–water partition coefficient (Wildman–Crippen LogP) is 6.88. The highest BCUT2D eigenvalue weighted by atomic mass is 79.9. The van der Waals surface area contributed by atoms with E-state index < -0.39 is 0 Å². The van der Waals surface area contributed by atoms with Gasteiger partial charge in [0.15, 0.2) is 5.11 Å². The Balaban J connectivity index is 1.69. The third-order valence-electron chi connectivity index (χ3n) is 6.37. The summed E-state index contributed by atoms with van der Waals surface area (Å²) in [4.78, 5) is 6.82. The first kappa shape index (κ1) is 22.7. The van der Waals surface area contributed by atoms with E-state index in [-0.39, 0.29) is 17.9 Å². The Labute approximate surface area is 212 Å². The summed E-state index contributed by atoms with van der Waals surface area (Å²) < 4.78 is 17.2. The Kier molecular flexibility index (Phi) is 6.00. The van der Waals surface area contributed by atoms with Crippen LogP contribution in [0.3, 0.4) is 0 Å². The van der Waals surface area contributed by atoms with Crippen molar-refractivity contribution in [2.45, 2.75) is 32.9 Å². The summed E-state index contributed by atoms with van der Waals surface area (Å²) in [7, 11) is 0. The summed E-state index contributed by atoms with van der Waals surface area (Å²) in [5.41, 5.74) is 7.05. The van der Waals surface area contributed by atoms with Crippen molar-refractivity contribution in [3.8, 4) is 5.69 Å². The van der Waals surface area contributed by atoms with Crippen LogP contribution < -0.4 is 10.2 Å². The molecule has 1 aliphatic heterocycles. The number of benzene rings is 2. The van der Waals surface area contributed by atoms with Gasteiger partial charge in [0.1, 0.15) is 5.82 Å². The van der Waals surface area contributed by atoms with Crippen LogP contribution >= 0.6 is 28.1 Å². The second kappa shape index (κ2) is 8.96. The Morgan fingerprint density at radius 3 is 2.50 bits per heavy atom. The molecule has 0 spiro atoms. The fourth-order valence-corrected chi connectivity index (χ4v) is 5.42. The topological polar surface area (TPSA) is 33.1 Å². The molecule has 1 aliphatic rings. The molecular formula is C27H24BrFN4S. The third-order valence-corrected chi connectivity index (χ3v) is 7.58. The van der Waals surface area contributed by atoms with Crippen LogP contribution in [0.2, 0.25) is 0 Å². The molecule has 1 saturated heterocycles. The zero-order valence-electron chi connectivity index (χ0n) is 19.1. The van der Waals surface area contributed by atoms with Gasteiger partial charge in [-0.2, -0.15) is 0 Å². The Morgan fingerprint density at radius 2 is 1.79 bits per heavy atom. The number of rotatable bonds is 4. The van der Waals surface area contributed by atoms with Gasteiger partial charge < -0.3 is 14.8 Å². The molecule has 1 fully saturated rings. The molecule has 2 aromatic heterocycles. The van der Waals surface area contributed by atoms with Crippen LogP contribution in [-0.2, 0) is 0 Å². The van der Waals surface area contributed by atoms with Crippen molar-refractivity contribution in [3.63, 3.8) is 0 Å². The van der Waals surface area contributed by atoms with E-state index in [1.54, 1.807) is 18.3 Å². The third kappa shape index (κ3) is 3.93. The van der Waals surface area contributed by atoms with E-state index in [4.69, 9.17) is 12.2 Å². The van der Waals surface area contributed by atoms with Gasteiger partial charge in [-0.15, -0.1) is 0 Å². The zero-order valence-corrected chi connectivity index (χ0v) is 21.5. The van der Waals surface area contributed by atoms with Gasteiger partial charge in [-0.1, -0.05) is 28.1 Å². The second-order valence-corrected chi connectivity index (χ2v) is 9.81.